The molecule has 0 spiro atoms. The van der Waals surface area contributed by atoms with Gasteiger partial charge in [-0.05, 0) is 37.1 Å². The number of nitrogens with two attached hydrogens (primary N) is 1. The lowest BCUT2D eigenvalue weighted by atomic mass is 10.1. The van der Waals surface area contributed by atoms with Gasteiger partial charge in [0.2, 0.25) is 5.91 Å². The van der Waals surface area contributed by atoms with Gasteiger partial charge in [-0.15, -0.1) is 0 Å². The van der Waals surface area contributed by atoms with Gasteiger partial charge in [-0.3, -0.25) is 4.79 Å². The molecule has 18 heavy (non-hydrogen) atoms. The van der Waals surface area contributed by atoms with Crippen LogP contribution in [0.2, 0.25) is 0 Å². The van der Waals surface area contributed by atoms with E-state index in [4.69, 9.17) is 5.73 Å². The van der Waals surface area contributed by atoms with E-state index in [1.54, 1.807) is 11.9 Å². The van der Waals surface area contributed by atoms with Crippen LogP contribution in [0.5, 0.6) is 0 Å². The van der Waals surface area contributed by atoms with Crippen LogP contribution in [0.4, 0.5) is 8.78 Å². The number of likely N-dealkylation sites (N-methyl/N-ethyl adjacent to an activating group) is 1. The van der Waals surface area contributed by atoms with Crippen LogP contribution >= 0.6 is 0 Å². The number of carbonyl (C=O) groups excluding carboxylic acids is 1. The maximum atomic E-state index is 13.0. The molecule has 0 aromatic heterocycles. The van der Waals surface area contributed by atoms with Crippen molar-refractivity contribution in [3.05, 3.63) is 35.4 Å². The molecule has 0 radical (unpaired) electrons. The van der Waals surface area contributed by atoms with Crippen LogP contribution in [-0.2, 0) is 11.2 Å². The first kappa shape index (κ1) is 14.6. The highest BCUT2D eigenvalue weighted by Crippen LogP contribution is 2.09. The van der Waals surface area contributed by atoms with Gasteiger partial charge in [0.25, 0.3) is 0 Å². The van der Waals surface area contributed by atoms with Gasteiger partial charge < -0.3 is 10.6 Å². The molecule has 0 bridgehead atoms. The Morgan fingerprint density at radius 2 is 2.06 bits per heavy atom. The monoisotopic (exact) mass is 256 g/mol. The third-order valence-electron chi connectivity index (χ3n) is 2.74. The highest BCUT2D eigenvalue weighted by molar-refractivity contribution is 5.75. The van der Waals surface area contributed by atoms with Crippen molar-refractivity contribution < 1.29 is 13.6 Å². The fourth-order valence-corrected chi connectivity index (χ4v) is 1.56. The Kier molecular flexibility index (Phi) is 5.71. The molecule has 0 atom stereocenters. The molecule has 0 fully saturated rings. The molecule has 0 aliphatic rings. The number of amides is 1. The minimum Gasteiger partial charge on any atom is -0.345 e. The summed E-state index contributed by atoms with van der Waals surface area (Å²) in [5.74, 6) is -1.70. The Morgan fingerprint density at radius 3 is 2.67 bits per heavy atom. The zero-order valence-electron chi connectivity index (χ0n) is 10.5. The van der Waals surface area contributed by atoms with Crippen molar-refractivity contribution in [1.29, 1.82) is 0 Å². The second-order valence-corrected chi connectivity index (χ2v) is 4.21. The summed E-state index contributed by atoms with van der Waals surface area (Å²) in [7, 11) is 1.69. The summed E-state index contributed by atoms with van der Waals surface area (Å²) >= 11 is 0. The van der Waals surface area contributed by atoms with E-state index >= 15 is 0 Å². The van der Waals surface area contributed by atoms with Crippen LogP contribution < -0.4 is 5.73 Å². The molecule has 1 rings (SSSR count). The quantitative estimate of drug-likeness (QED) is 0.842. The Morgan fingerprint density at radius 1 is 1.33 bits per heavy atom. The Balaban J connectivity index is 2.44. The maximum absolute atomic E-state index is 13.0. The molecule has 0 aliphatic carbocycles. The predicted molar refractivity (Wildman–Crippen MR) is 66.0 cm³/mol. The number of rotatable bonds is 6. The van der Waals surface area contributed by atoms with Crippen molar-refractivity contribution in [3.63, 3.8) is 0 Å². The van der Waals surface area contributed by atoms with Crippen molar-refractivity contribution in [1.82, 2.24) is 4.90 Å². The fourth-order valence-electron chi connectivity index (χ4n) is 1.56. The third-order valence-corrected chi connectivity index (χ3v) is 2.74. The van der Waals surface area contributed by atoms with Gasteiger partial charge in [0.05, 0.1) is 0 Å². The van der Waals surface area contributed by atoms with Crippen LogP contribution in [0.1, 0.15) is 18.4 Å². The molecule has 1 amide bonds. The third kappa shape index (κ3) is 4.41. The minimum atomic E-state index is -0.857. The van der Waals surface area contributed by atoms with Crippen molar-refractivity contribution >= 4 is 5.91 Å². The summed E-state index contributed by atoms with van der Waals surface area (Å²) in [6.07, 6.45) is 1.58. The highest BCUT2D eigenvalue weighted by Gasteiger charge is 2.08. The summed E-state index contributed by atoms with van der Waals surface area (Å²) in [4.78, 5) is 13.2. The number of hydrogen-bond acceptors (Lipinski definition) is 2. The molecule has 0 heterocycles. The topological polar surface area (TPSA) is 46.3 Å². The summed E-state index contributed by atoms with van der Waals surface area (Å²) in [5, 5.41) is 0. The largest absolute Gasteiger partial charge is 0.345 e. The predicted octanol–water partition coefficient (Wildman–Crippen LogP) is 1.70. The first-order valence-corrected chi connectivity index (χ1v) is 5.92. The average molecular weight is 256 g/mol. The summed E-state index contributed by atoms with van der Waals surface area (Å²) in [6.45, 7) is 0.969. The van der Waals surface area contributed by atoms with Crippen LogP contribution in [0.15, 0.2) is 18.2 Å². The van der Waals surface area contributed by atoms with Crippen LogP contribution in [0.3, 0.4) is 0 Å². The van der Waals surface area contributed by atoms with E-state index in [-0.39, 0.29) is 5.91 Å². The van der Waals surface area contributed by atoms with E-state index in [2.05, 4.69) is 0 Å². The molecular weight excluding hydrogens is 238 g/mol. The number of carbonyl (C=O) groups is 1. The summed E-state index contributed by atoms with van der Waals surface area (Å²) < 4.78 is 25.7. The molecule has 3 nitrogen and oxygen atoms in total. The molecule has 1 aromatic rings. The number of halogens is 2. The van der Waals surface area contributed by atoms with Gasteiger partial charge in [-0.25, -0.2) is 8.78 Å². The number of hydrogen-bond donors (Lipinski definition) is 1. The second-order valence-electron chi connectivity index (χ2n) is 4.21. The lowest BCUT2D eigenvalue weighted by Gasteiger charge is -2.17. The maximum Gasteiger partial charge on any atom is 0.222 e. The summed E-state index contributed by atoms with van der Waals surface area (Å²) in [5.41, 5.74) is 6.00. The number of benzene rings is 1. The van der Waals surface area contributed by atoms with Crippen LogP contribution in [0.25, 0.3) is 0 Å². The van der Waals surface area contributed by atoms with Crippen molar-refractivity contribution in [2.24, 2.45) is 5.73 Å². The van der Waals surface area contributed by atoms with E-state index in [9.17, 15) is 13.6 Å². The standard InChI is InChI=1S/C13H18F2N2O/c1-17(13(18)3-2-7-16)8-6-10-4-5-11(14)12(15)9-10/h4-5,9H,2-3,6-8,16H2,1H3. The lowest BCUT2D eigenvalue weighted by Crippen LogP contribution is -2.29. The van der Waals surface area contributed by atoms with Crippen molar-refractivity contribution in [2.75, 3.05) is 20.1 Å². The summed E-state index contributed by atoms with van der Waals surface area (Å²) in [6, 6.07) is 3.78. The van der Waals surface area contributed by atoms with Gasteiger partial charge >= 0.3 is 0 Å². The van der Waals surface area contributed by atoms with Gasteiger partial charge in [-0.1, -0.05) is 6.07 Å². The van der Waals surface area contributed by atoms with Crippen LogP contribution in [0, 0.1) is 11.6 Å². The van der Waals surface area contributed by atoms with E-state index in [0.717, 1.165) is 12.1 Å². The Hall–Kier alpha value is -1.49. The van der Waals surface area contributed by atoms with E-state index in [0.29, 0.717) is 37.9 Å². The molecular formula is C13H18F2N2O. The highest BCUT2D eigenvalue weighted by atomic mass is 19.2. The number of nitrogens with zero attached hydrogens (tertiary/aromatic N) is 1. The molecule has 0 aliphatic heterocycles. The molecule has 2 N–H and O–H groups in total. The molecule has 100 valence electrons. The normalized spacial score (nSPS) is 10.4. The second kappa shape index (κ2) is 7.06. The molecule has 0 unspecified atom stereocenters. The van der Waals surface area contributed by atoms with Gasteiger partial charge in [0.1, 0.15) is 0 Å². The Labute approximate surface area is 106 Å². The van der Waals surface area contributed by atoms with Gasteiger partial charge in [0, 0.05) is 20.0 Å². The van der Waals surface area contributed by atoms with Gasteiger partial charge in [-0.2, -0.15) is 0 Å². The van der Waals surface area contributed by atoms with E-state index in [1.165, 1.54) is 6.07 Å². The van der Waals surface area contributed by atoms with E-state index < -0.39 is 11.6 Å². The fraction of sp³-hybridized carbons (Fsp3) is 0.462. The van der Waals surface area contributed by atoms with Crippen molar-refractivity contribution in [2.45, 2.75) is 19.3 Å². The molecule has 0 saturated heterocycles. The first-order valence-electron chi connectivity index (χ1n) is 5.92. The van der Waals surface area contributed by atoms with E-state index in [1.807, 2.05) is 0 Å². The average Bonchev–Trinajstić information content (AvgIpc) is 2.36. The SMILES string of the molecule is CN(CCc1ccc(F)c(F)c1)C(=O)CCCN. The minimum absolute atomic E-state index is 0.0167. The first-order chi connectivity index (χ1) is 8.54. The van der Waals surface area contributed by atoms with Gasteiger partial charge in [0.15, 0.2) is 11.6 Å². The molecule has 0 saturated carbocycles. The van der Waals surface area contributed by atoms with Crippen molar-refractivity contribution in [3.8, 4) is 0 Å². The van der Waals surface area contributed by atoms with Crippen LogP contribution in [-0.4, -0.2) is 30.9 Å². The lowest BCUT2D eigenvalue weighted by molar-refractivity contribution is -0.129. The smallest absolute Gasteiger partial charge is 0.222 e. The Bertz CT molecular complexity index is 410. The zero-order valence-corrected chi connectivity index (χ0v) is 10.5. The molecule has 5 heteroatoms. The molecule has 1 aromatic carbocycles. The zero-order chi connectivity index (χ0) is 13.5.